The molecule has 0 spiro atoms. The van der Waals surface area contributed by atoms with Gasteiger partial charge in [0.2, 0.25) is 0 Å². The summed E-state index contributed by atoms with van der Waals surface area (Å²) in [7, 11) is 0. The molecule has 1 heterocycles. The van der Waals surface area contributed by atoms with Gasteiger partial charge < -0.3 is 4.74 Å². The zero-order valence-electron chi connectivity index (χ0n) is 10.1. The standard InChI is InChI=1S/C12H20N2O2/c1-3-7-14-10-11(9-13-14)12(15)6-5-8-16-4-2/h9-10H,3-8H2,1-2H3. The largest absolute Gasteiger partial charge is 0.382 e. The van der Waals surface area contributed by atoms with Crippen LogP contribution in [0.3, 0.4) is 0 Å². The molecule has 1 rings (SSSR count). The molecular weight excluding hydrogens is 204 g/mol. The number of nitrogens with zero attached hydrogens (tertiary/aromatic N) is 2. The van der Waals surface area contributed by atoms with Gasteiger partial charge in [-0.3, -0.25) is 9.48 Å². The van der Waals surface area contributed by atoms with Crippen molar-refractivity contribution in [2.75, 3.05) is 13.2 Å². The van der Waals surface area contributed by atoms with Gasteiger partial charge in [-0.15, -0.1) is 0 Å². The molecule has 0 aromatic carbocycles. The topological polar surface area (TPSA) is 44.1 Å². The third-order valence-corrected chi connectivity index (χ3v) is 2.30. The fourth-order valence-electron chi connectivity index (χ4n) is 1.48. The fourth-order valence-corrected chi connectivity index (χ4v) is 1.48. The summed E-state index contributed by atoms with van der Waals surface area (Å²) in [6, 6.07) is 0. The van der Waals surface area contributed by atoms with Gasteiger partial charge in [0.1, 0.15) is 0 Å². The van der Waals surface area contributed by atoms with Crippen molar-refractivity contribution in [3.05, 3.63) is 18.0 Å². The Balaban J connectivity index is 2.34. The lowest BCUT2D eigenvalue weighted by molar-refractivity contribution is 0.0947. The minimum absolute atomic E-state index is 0.155. The predicted molar refractivity (Wildman–Crippen MR) is 62.6 cm³/mol. The minimum Gasteiger partial charge on any atom is -0.382 e. The minimum atomic E-state index is 0.155. The molecule has 0 fully saturated rings. The summed E-state index contributed by atoms with van der Waals surface area (Å²) >= 11 is 0. The van der Waals surface area contributed by atoms with Crippen molar-refractivity contribution in [3.8, 4) is 0 Å². The molecule has 0 aliphatic carbocycles. The van der Waals surface area contributed by atoms with Crippen molar-refractivity contribution in [2.45, 2.75) is 39.7 Å². The molecular formula is C12H20N2O2. The van der Waals surface area contributed by atoms with Gasteiger partial charge in [-0.25, -0.2) is 0 Å². The van der Waals surface area contributed by atoms with Crippen molar-refractivity contribution in [2.24, 2.45) is 0 Å². The van der Waals surface area contributed by atoms with Crippen LogP contribution in [0.15, 0.2) is 12.4 Å². The Labute approximate surface area is 96.6 Å². The van der Waals surface area contributed by atoms with E-state index in [1.165, 1.54) is 0 Å². The lowest BCUT2D eigenvalue weighted by Gasteiger charge is -1.99. The van der Waals surface area contributed by atoms with Crippen LogP contribution in [0.25, 0.3) is 0 Å². The van der Waals surface area contributed by atoms with E-state index in [1.54, 1.807) is 6.20 Å². The Kier molecular flexibility index (Phi) is 5.78. The molecule has 4 nitrogen and oxygen atoms in total. The number of hydrogen-bond acceptors (Lipinski definition) is 3. The average molecular weight is 224 g/mol. The van der Waals surface area contributed by atoms with Crippen molar-refractivity contribution < 1.29 is 9.53 Å². The Morgan fingerprint density at radius 1 is 1.50 bits per heavy atom. The lowest BCUT2D eigenvalue weighted by atomic mass is 10.1. The number of ketones is 1. The van der Waals surface area contributed by atoms with E-state index in [-0.39, 0.29) is 5.78 Å². The van der Waals surface area contributed by atoms with Gasteiger partial charge in [-0.2, -0.15) is 5.10 Å². The first-order valence-corrected chi connectivity index (χ1v) is 5.91. The average Bonchev–Trinajstić information content (AvgIpc) is 2.73. The first-order valence-electron chi connectivity index (χ1n) is 5.91. The Hall–Kier alpha value is -1.16. The van der Waals surface area contributed by atoms with Crippen LogP contribution in [0, 0.1) is 0 Å². The Morgan fingerprint density at radius 3 is 3.00 bits per heavy atom. The van der Waals surface area contributed by atoms with Gasteiger partial charge in [0.15, 0.2) is 5.78 Å². The van der Waals surface area contributed by atoms with Crippen molar-refractivity contribution >= 4 is 5.78 Å². The quantitative estimate of drug-likeness (QED) is 0.502. The lowest BCUT2D eigenvalue weighted by Crippen LogP contribution is -2.01. The third kappa shape index (κ3) is 4.14. The highest BCUT2D eigenvalue weighted by molar-refractivity contribution is 5.95. The molecule has 0 aliphatic rings. The number of aryl methyl sites for hydroxylation is 1. The number of ether oxygens (including phenoxy) is 1. The van der Waals surface area contributed by atoms with E-state index in [4.69, 9.17) is 4.74 Å². The van der Waals surface area contributed by atoms with Crippen LogP contribution >= 0.6 is 0 Å². The Bertz CT molecular complexity index is 321. The summed E-state index contributed by atoms with van der Waals surface area (Å²) in [4.78, 5) is 11.7. The number of hydrogen-bond donors (Lipinski definition) is 0. The number of carbonyl (C=O) groups excluding carboxylic acids is 1. The molecule has 0 saturated heterocycles. The van der Waals surface area contributed by atoms with Gasteiger partial charge >= 0.3 is 0 Å². The zero-order chi connectivity index (χ0) is 11.8. The SMILES string of the molecule is CCCn1cc(C(=O)CCCOCC)cn1. The molecule has 0 bridgehead atoms. The predicted octanol–water partition coefficient (Wildman–Crippen LogP) is 2.29. The maximum Gasteiger partial charge on any atom is 0.166 e. The number of carbonyl (C=O) groups is 1. The van der Waals surface area contributed by atoms with Crippen LogP contribution in [0.4, 0.5) is 0 Å². The van der Waals surface area contributed by atoms with Gasteiger partial charge in [-0.1, -0.05) is 6.92 Å². The molecule has 16 heavy (non-hydrogen) atoms. The summed E-state index contributed by atoms with van der Waals surface area (Å²) in [5, 5.41) is 4.14. The normalized spacial score (nSPS) is 10.6. The molecule has 0 atom stereocenters. The first-order chi connectivity index (χ1) is 7.77. The number of rotatable bonds is 8. The molecule has 1 aromatic heterocycles. The van der Waals surface area contributed by atoms with Gasteiger partial charge in [0.25, 0.3) is 0 Å². The summed E-state index contributed by atoms with van der Waals surface area (Å²) < 4.78 is 7.01. The van der Waals surface area contributed by atoms with Crippen LogP contribution < -0.4 is 0 Å². The molecule has 0 amide bonds. The van der Waals surface area contributed by atoms with Crippen LogP contribution in [0.1, 0.15) is 43.5 Å². The van der Waals surface area contributed by atoms with Crippen LogP contribution in [0.2, 0.25) is 0 Å². The summed E-state index contributed by atoms with van der Waals surface area (Å²) in [6.45, 7) is 6.28. The van der Waals surface area contributed by atoms with E-state index in [0.29, 0.717) is 25.2 Å². The van der Waals surface area contributed by atoms with E-state index in [9.17, 15) is 4.79 Å². The highest BCUT2D eigenvalue weighted by Crippen LogP contribution is 2.05. The van der Waals surface area contributed by atoms with Gasteiger partial charge in [-0.05, 0) is 19.8 Å². The molecule has 0 N–H and O–H groups in total. The van der Waals surface area contributed by atoms with Crippen molar-refractivity contribution in [1.29, 1.82) is 0 Å². The maximum absolute atomic E-state index is 11.7. The highest BCUT2D eigenvalue weighted by Gasteiger charge is 2.07. The van der Waals surface area contributed by atoms with Gasteiger partial charge in [0, 0.05) is 32.4 Å². The van der Waals surface area contributed by atoms with Crippen LogP contribution in [0.5, 0.6) is 0 Å². The first kappa shape index (κ1) is 12.9. The van der Waals surface area contributed by atoms with Gasteiger partial charge in [0.05, 0.1) is 11.8 Å². The van der Waals surface area contributed by atoms with Crippen LogP contribution in [-0.4, -0.2) is 28.8 Å². The number of Topliss-reactive ketones (excluding diaryl/α,β-unsaturated/α-hetero) is 1. The third-order valence-electron chi connectivity index (χ3n) is 2.30. The molecule has 1 aromatic rings. The van der Waals surface area contributed by atoms with Crippen LogP contribution in [-0.2, 0) is 11.3 Å². The highest BCUT2D eigenvalue weighted by atomic mass is 16.5. The zero-order valence-corrected chi connectivity index (χ0v) is 10.1. The molecule has 4 heteroatoms. The van der Waals surface area contributed by atoms with E-state index in [0.717, 1.165) is 19.4 Å². The second-order valence-corrected chi connectivity index (χ2v) is 3.72. The second-order valence-electron chi connectivity index (χ2n) is 3.72. The molecule has 0 unspecified atom stereocenters. The van der Waals surface area contributed by atoms with E-state index < -0.39 is 0 Å². The van der Waals surface area contributed by atoms with E-state index >= 15 is 0 Å². The summed E-state index contributed by atoms with van der Waals surface area (Å²) in [6.07, 6.45) is 5.83. The summed E-state index contributed by atoms with van der Waals surface area (Å²) in [5.41, 5.74) is 0.713. The smallest absolute Gasteiger partial charge is 0.166 e. The van der Waals surface area contributed by atoms with Crippen molar-refractivity contribution in [3.63, 3.8) is 0 Å². The fraction of sp³-hybridized carbons (Fsp3) is 0.667. The molecule has 0 saturated carbocycles. The second kappa shape index (κ2) is 7.17. The monoisotopic (exact) mass is 224 g/mol. The number of aromatic nitrogens is 2. The molecule has 0 radical (unpaired) electrons. The maximum atomic E-state index is 11.7. The Morgan fingerprint density at radius 2 is 2.31 bits per heavy atom. The van der Waals surface area contributed by atoms with E-state index in [2.05, 4.69) is 12.0 Å². The van der Waals surface area contributed by atoms with Crippen molar-refractivity contribution in [1.82, 2.24) is 9.78 Å². The summed E-state index contributed by atoms with van der Waals surface area (Å²) in [5.74, 6) is 0.155. The molecule has 0 aliphatic heterocycles. The molecule has 90 valence electrons. The van der Waals surface area contributed by atoms with E-state index in [1.807, 2.05) is 17.8 Å².